The van der Waals surface area contributed by atoms with E-state index < -0.39 is 11.2 Å². The predicted molar refractivity (Wildman–Crippen MR) is 39.1 cm³/mol. The molecule has 0 amide bonds. The van der Waals surface area contributed by atoms with Gasteiger partial charge in [0, 0.05) is 13.1 Å². The Morgan fingerprint density at radius 3 is 2.82 bits per heavy atom. The van der Waals surface area contributed by atoms with Crippen LogP contribution in [0, 0.1) is 0 Å². The van der Waals surface area contributed by atoms with Gasteiger partial charge in [-0.15, -0.1) is 0 Å². The van der Waals surface area contributed by atoms with Gasteiger partial charge in [-0.25, -0.2) is 4.39 Å². The van der Waals surface area contributed by atoms with Crippen molar-refractivity contribution in [1.29, 1.82) is 0 Å². The fourth-order valence-electron chi connectivity index (χ4n) is 2.02. The standard InChI is InChI=1S/C7H13FN2O/c1-10-2-6(8)4-11-5-7(6,9)3-10/h2-5,9H2,1H3/t6-,7+/m1/s1. The Bertz CT molecular complexity index is 171. The molecule has 0 radical (unpaired) electrons. The van der Waals surface area contributed by atoms with Crippen molar-refractivity contribution >= 4 is 0 Å². The second-order valence-corrected chi connectivity index (χ2v) is 3.79. The van der Waals surface area contributed by atoms with Crippen molar-refractivity contribution in [2.24, 2.45) is 5.73 Å². The van der Waals surface area contributed by atoms with Gasteiger partial charge in [0.05, 0.1) is 18.8 Å². The normalized spacial score (nSPS) is 51.5. The number of likely N-dealkylation sites (N-methyl/N-ethyl adjacent to an activating group) is 1. The third kappa shape index (κ3) is 0.832. The largest absolute Gasteiger partial charge is 0.376 e. The van der Waals surface area contributed by atoms with Crippen molar-refractivity contribution in [3.05, 3.63) is 0 Å². The molecule has 0 bridgehead atoms. The summed E-state index contributed by atoms with van der Waals surface area (Å²) in [5, 5.41) is 0. The SMILES string of the molecule is CN1C[C@]2(N)COC[C@]2(F)C1. The monoisotopic (exact) mass is 160 g/mol. The smallest absolute Gasteiger partial charge is 0.167 e. The van der Waals surface area contributed by atoms with Gasteiger partial charge in [0.1, 0.15) is 0 Å². The molecule has 0 aromatic rings. The Hall–Kier alpha value is -0.190. The van der Waals surface area contributed by atoms with E-state index in [4.69, 9.17) is 10.5 Å². The first-order chi connectivity index (χ1) is 5.06. The van der Waals surface area contributed by atoms with Crippen LogP contribution >= 0.6 is 0 Å². The van der Waals surface area contributed by atoms with Crippen LogP contribution in [0.2, 0.25) is 0 Å². The van der Waals surface area contributed by atoms with Crippen molar-refractivity contribution < 1.29 is 9.13 Å². The molecule has 2 aliphatic rings. The summed E-state index contributed by atoms with van der Waals surface area (Å²) >= 11 is 0. The molecule has 0 aliphatic carbocycles. The highest BCUT2D eigenvalue weighted by atomic mass is 19.1. The zero-order valence-corrected chi connectivity index (χ0v) is 6.64. The minimum atomic E-state index is -1.30. The first-order valence-electron chi connectivity index (χ1n) is 3.80. The lowest BCUT2D eigenvalue weighted by Gasteiger charge is -2.25. The number of alkyl halides is 1. The number of ether oxygens (including phenoxy) is 1. The Labute approximate surface area is 65.3 Å². The van der Waals surface area contributed by atoms with Crippen LogP contribution in [0.1, 0.15) is 0 Å². The molecule has 2 N–H and O–H groups in total. The summed E-state index contributed by atoms with van der Waals surface area (Å²) in [5.74, 6) is 0. The molecule has 2 fully saturated rings. The van der Waals surface area contributed by atoms with Gasteiger partial charge in [0.15, 0.2) is 5.67 Å². The highest BCUT2D eigenvalue weighted by molar-refractivity contribution is 5.15. The van der Waals surface area contributed by atoms with Crippen LogP contribution in [0.4, 0.5) is 4.39 Å². The van der Waals surface area contributed by atoms with E-state index in [9.17, 15) is 4.39 Å². The summed E-state index contributed by atoms with van der Waals surface area (Å²) in [4.78, 5) is 1.92. The van der Waals surface area contributed by atoms with E-state index in [0.29, 0.717) is 19.7 Å². The number of likely N-dealkylation sites (tertiary alicyclic amines) is 1. The van der Waals surface area contributed by atoms with E-state index in [-0.39, 0.29) is 6.61 Å². The number of nitrogens with zero attached hydrogens (tertiary/aromatic N) is 1. The van der Waals surface area contributed by atoms with Crippen molar-refractivity contribution in [1.82, 2.24) is 4.90 Å². The summed E-state index contributed by atoms with van der Waals surface area (Å²) in [7, 11) is 1.88. The average Bonchev–Trinajstić information content (AvgIpc) is 2.16. The molecule has 3 nitrogen and oxygen atoms in total. The Morgan fingerprint density at radius 2 is 2.18 bits per heavy atom. The molecule has 2 saturated heterocycles. The summed E-state index contributed by atoms with van der Waals surface area (Å²) in [6.07, 6.45) is 0. The third-order valence-electron chi connectivity index (χ3n) is 2.66. The van der Waals surface area contributed by atoms with Crippen LogP contribution in [0.15, 0.2) is 0 Å². The minimum absolute atomic E-state index is 0.161. The van der Waals surface area contributed by atoms with E-state index >= 15 is 0 Å². The first-order valence-corrected chi connectivity index (χ1v) is 3.80. The van der Waals surface area contributed by atoms with Gasteiger partial charge >= 0.3 is 0 Å². The van der Waals surface area contributed by atoms with Crippen molar-refractivity contribution in [3.63, 3.8) is 0 Å². The summed E-state index contributed by atoms with van der Waals surface area (Å²) < 4.78 is 18.9. The molecule has 0 aromatic heterocycles. The van der Waals surface area contributed by atoms with Gasteiger partial charge in [0.25, 0.3) is 0 Å². The van der Waals surface area contributed by atoms with Crippen molar-refractivity contribution in [3.8, 4) is 0 Å². The molecule has 2 aliphatic heterocycles. The van der Waals surface area contributed by atoms with Gasteiger partial charge < -0.3 is 15.4 Å². The highest BCUT2D eigenvalue weighted by Gasteiger charge is 2.60. The first kappa shape index (κ1) is 7.46. The topological polar surface area (TPSA) is 38.5 Å². The molecular weight excluding hydrogens is 147 g/mol. The van der Waals surface area contributed by atoms with Crippen molar-refractivity contribution in [2.45, 2.75) is 11.2 Å². The molecule has 0 saturated carbocycles. The molecule has 4 heteroatoms. The molecule has 0 unspecified atom stereocenters. The van der Waals surface area contributed by atoms with Gasteiger partial charge in [-0.2, -0.15) is 0 Å². The number of fused-ring (bicyclic) bond motifs is 1. The number of hydrogen-bond acceptors (Lipinski definition) is 3. The van der Waals surface area contributed by atoms with Crippen molar-refractivity contribution in [2.75, 3.05) is 33.4 Å². The third-order valence-corrected chi connectivity index (χ3v) is 2.66. The maximum absolute atomic E-state index is 13.8. The number of rotatable bonds is 0. The summed E-state index contributed by atoms with van der Waals surface area (Å²) in [5.41, 5.74) is 3.80. The van der Waals surface area contributed by atoms with E-state index in [2.05, 4.69) is 0 Å². The Morgan fingerprint density at radius 1 is 1.45 bits per heavy atom. The lowest BCUT2D eigenvalue weighted by atomic mass is 9.89. The van der Waals surface area contributed by atoms with E-state index in [1.54, 1.807) is 0 Å². The number of hydrogen-bond donors (Lipinski definition) is 1. The number of halogens is 1. The zero-order chi connectivity index (χ0) is 8.11. The molecule has 2 heterocycles. The zero-order valence-electron chi connectivity index (χ0n) is 6.64. The maximum Gasteiger partial charge on any atom is 0.167 e. The minimum Gasteiger partial charge on any atom is -0.376 e. The lowest BCUT2D eigenvalue weighted by molar-refractivity contribution is 0.100. The van der Waals surface area contributed by atoms with Crippen LogP contribution in [-0.2, 0) is 4.74 Å². The molecule has 0 aromatic carbocycles. The van der Waals surface area contributed by atoms with Gasteiger partial charge in [-0.3, -0.25) is 0 Å². The Balaban J connectivity index is 2.28. The highest BCUT2D eigenvalue weighted by Crippen LogP contribution is 2.37. The van der Waals surface area contributed by atoms with Gasteiger partial charge in [0.2, 0.25) is 0 Å². The summed E-state index contributed by atoms with van der Waals surface area (Å²) in [6, 6.07) is 0. The lowest BCUT2D eigenvalue weighted by Crippen LogP contribution is -2.56. The maximum atomic E-state index is 13.8. The Kier molecular flexibility index (Phi) is 1.32. The quantitative estimate of drug-likeness (QED) is 0.512. The van der Waals surface area contributed by atoms with E-state index in [1.165, 1.54) is 0 Å². The molecule has 64 valence electrons. The van der Waals surface area contributed by atoms with Gasteiger partial charge in [-0.05, 0) is 7.05 Å². The van der Waals surface area contributed by atoms with E-state index in [0.717, 1.165) is 0 Å². The van der Waals surface area contributed by atoms with Crippen LogP contribution in [0.5, 0.6) is 0 Å². The molecule has 0 spiro atoms. The van der Waals surface area contributed by atoms with Crippen LogP contribution in [0.3, 0.4) is 0 Å². The average molecular weight is 160 g/mol. The summed E-state index contributed by atoms with van der Waals surface area (Å²) in [6.45, 7) is 1.52. The predicted octanol–water partition coefficient (Wildman–Crippen LogP) is -0.632. The van der Waals surface area contributed by atoms with Crippen LogP contribution < -0.4 is 5.73 Å². The van der Waals surface area contributed by atoms with Gasteiger partial charge in [-0.1, -0.05) is 0 Å². The number of nitrogens with two attached hydrogens (primary N) is 1. The fraction of sp³-hybridized carbons (Fsp3) is 1.00. The molecule has 2 atom stereocenters. The van der Waals surface area contributed by atoms with Crippen LogP contribution in [-0.4, -0.2) is 49.5 Å². The molecule has 11 heavy (non-hydrogen) atoms. The van der Waals surface area contributed by atoms with Crippen LogP contribution in [0.25, 0.3) is 0 Å². The fourth-order valence-corrected chi connectivity index (χ4v) is 2.02. The molecular formula is C7H13FN2O. The second-order valence-electron chi connectivity index (χ2n) is 3.79. The molecule has 2 rings (SSSR count). The van der Waals surface area contributed by atoms with E-state index in [1.807, 2.05) is 11.9 Å². The second kappa shape index (κ2) is 1.94.